The molecule has 8 nitrogen and oxygen atoms in total. The van der Waals surface area contributed by atoms with Crippen molar-refractivity contribution in [1.82, 2.24) is 4.90 Å². The van der Waals surface area contributed by atoms with Gasteiger partial charge in [-0.15, -0.1) is 0 Å². The molecule has 4 unspecified atom stereocenters. The number of carbonyl (C=O) groups excluding carboxylic acids is 2. The second kappa shape index (κ2) is 12.5. The van der Waals surface area contributed by atoms with E-state index < -0.39 is 17.8 Å². The van der Waals surface area contributed by atoms with Crippen LogP contribution < -0.4 is 15.0 Å². The van der Waals surface area contributed by atoms with Gasteiger partial charge in [-0.3, -0.25) is 14.4 Å². The van der Waals surface area contributed by atoms with Gasteiger partial charge in [0, 0.05) is 31.9 Å². The fourth-order valence-electron chi connectivity index (χ4n) is 5.85. The summed E-state index contributed by atoms with van der Waals surface area (Å²) in [5.74, 6) is -0.730. The molecule has 4 atom stereocenters. The highest BCUT2D eigenvalue weighted by Gasteiger charge is 2.41. The molecule has 0 spiro atoms. The number of ether oxygens (including phenoxy) is 1. The van der Waals surface area contributed by atoms with Crippen molar-refractivity contribution >= 4 is 29.2 Å². The molecule has 1 saturated heterocycles. The number of anilines is 2. The average Bonchev–Trinajstić information content (AvgIpc) is 2.99. The number of nitrogens with one attached hydrogen (secondary N) is 1. The van der Waals surface area contributed by atoms with Gasteiger partial charge >= 0.3 is 5.97 Å². The summed E-state index contributed by atoms with van der Waals surface area (Å²) in [5.41, 5.74) is 1.91. The molecule has 41 heavy (non-hydrogen) atoms. The molecular formula is C33H37N3O5. The maximum absolute atomic E-state index is 13.6. The van der Waals surface area contributed by atoms with E-state index >= 15 is 0 Å². The van der Waals surface area contributed by atoms with Crippen LogP contribution in [0.1, 0.15) is 37.0 Å². The van der Waals surface area contributed by atoms with E-state index in [0.717, 1.165) is 17.2 Å². The summed E-state index contributed by atoms with van der Waals surface area (Å²) >= 11 is 0. The Morgan fingerprint density at radius 1 is 0.756 bits per heavy atom. The first kappa shape index (κ1) is 28.2. The minimum atomic E-state index is -0.940. The van der Waals surface area contributed by atoms with Crippen molar-refractivity contribution < 1.29 is 24.2 Å². The van der Waals surface area contributed by atoms with Gasteiger partial charge in [0.05, 0.1) is 23.1 Å². The molecule has 3 aromatic rings. The van der Waals surface area contributed by atoms with Crippen molar-refractivity contribution in [2.75, 3.05) is 36.4 Å². The Balaban J connectivity index is 1.20. The Morgan fingerprint density at radius 2 is 1.34 bits per heavy atom. The number of hydrogen-bond donors (Lipinski definition) is 2. The molecule has 0 aromatic heterocycles. The third kappa shape index (κ3) is 6.53. The predicted octanol–water partition coefficient (Wildman–Crippen LogP) is 5.76. The van der Waals surface area contributed by atoms with Gasteiger partial charge in [-0.2, -0.15) is 0 Å². The van der Waals surface area contributed by atoms with Gasteiger partial charge in [0.1, 0.15) is 11.5 Å². The minimum Gasteiger partial charge on any atom is -0.481 e. The first-order valence-electron chi connectivity index (χ1n) is 14.3. The number of rotatable bonds is 7. The maximum atomic E-state index is 13.6. The molecule has 1 heterocycles. The number of para-hydroxylation sites is 2. The van der Waals surface area contributed by atoms with E-state index in [0.29, 0.717) is 50.3 Å². The standard InChI is InChI=1S/C33H37N3O5/c1-22-20-28(29(33(39)40)21-23(22)2)31(37)34-30-11-7-6-10-27(30)32(38)36-18-16-35(17-19-36)24-12-14-26(15-13-24)41-25-8-4-3-5-9-25/h3-15,22-23,28-29H,16-21H2,1-2H3,(H,34,37)(H,39,40). The molecule has 2 aliphatic rings. The second-order valence-corrected chi connectivity index (χ2v) is 11.2. The monoisotopic (exact) mass is 555 g/mol. The second-order valence-electron chi connectivity index (χ2n) is 11.2. The van der Waals surface area contributed by atoms with Gasteiger partial charge < -0.3 is 25.0 Å². The molecule has 8 heteroatoms. The Labute approximate surface area is 240 Å². The summed E-state index contributed by atoms with van der Waals surface area (Å²) in [5, 5.41) is 12.7. The van der Waals surface area contributed by atoms with E-state index in [1.54, 1.807) is 29.2 Å². The molecular weight excluding hydrogens is 518 g/mol. The van der Waals surface area contributed by atoms with Crippen LogP contribution in [0.2, 0.25) is 0 Å². The number of carboxylic acids is 1. The Morgan fingerprint density at radius 3 is 2.00 bits per heavy atom. The Bertz CT molecular complexity index is 1370. The normalized spacial score (nSPS) is 22.6. The van der Waals surface area contributed by atoms with E-state index in [9.17, 15) is 19.5 Å². The number of aliphatic carboxylic acids is 1. The lowest BCUT2D eigenvalue weighted by Crippen LogP contribution is -2.49. The first-order chi connectivity index (χ1) is 19.8. The molecule has 1 aliphatic heterocycles. The zero-order chi connectivity index (χ0) is 28.9. The van der Waals surface area contributed by atoms with E-state index in [1.807, 2.05) is 61.5 Å². The van der Waals surface area contributed by atoms with Crippen LogP contribution in [0.5, 0.6) is 11.5 Å². The predicted molar refractivity (Wildman–Crippen MR) is 158 cm³/mol. The van der Waals surface area contributed by atoms with Gasteiger partial charge in [0.2, 0.25) is 5.91 Å². The van der Waals surface area contributed by atoms with Crippen LogP contribution >= 0.6 is 0 Å². The van der Waals surface area contributed by atoms with Crippen molar-refractivity contribution in [3.63, 3.8) is 0 Å². The molecule has 1 aliphatic carbocycles. The number of nitrogens with zero attached hydrogens (tertiary/aromatic N) is 2. The van der Waals surface area contributed by atoms with Crippen molar-refractivity contribution in [3.05, 3.63) is 84.4 Å². The van der Waals surface area contributed by atoms with Crippen molar-refractivity contribution in [2.45, 2.75) is 26.7 Å². The molecule has 2 N–H and O–H groups in total. The SMILES string of the molecule is CC1CC(C(=O)O)C(C(=O)Nc2ccccc2C(=O)N2CCN(c3ccc(Oc4ccccc4)cc3)CC2)CC1C. The molecule has 214 valence electrons. The topological polar surface area (TPSA) is 99.2 Å². The summed E-state index contributed by atoms with van der Waals surface area (Å²) in [7, 11) is 0. The number of benzene rings is 3. The number of hydrogen-bond acceptors (Lipinski definition) is 5. The highest BCUT2D eigenvalue weighted by molar-refractivity contribution is 6.04. The number of piperazine rings is 1. The highest BCUT2D eigenvalue weighted by Crippen LogP contribution is 2.38. The molecule has 5 rings (SSSR count). The van der Waals surface area contributed by atoms with Crippen LogP contribution in [-0.4, -0.2) is 54.0 Å². The fraction of sp³-hybridized carbons (Fsp3) is 0.364. The van der Waals surface area contributed by atoms with E-state index in [2.05, 4.69) is 17.1 Å². The fourth-order valence-corrected chi connectivity index (χ4v) is 5.85. The van der Waals surface area contributed by atoms with Crippen LogP contribution in [0, 0.1) is 23.7 Å². The summed E-state index contributed by atoms with van der Waals surface area (Å²) in [6.45, 7) is 6.55. The third-order valence-electron chi connectivity index (χ3n) is 8.53. The quantitative estimate of drug-likeness (QED) is 0.385. The Kier molecular flexibility index (Phi) is 8.57. The van der Waals surface area contributed by atoms with E-state index in [-0.39, 0.29) is 23.7 Å². The van der Waals surface area contributed by atoms with Crippen molar-refractivity contribution in [3.8, 4) is 11.5 Å². The van der Waals surface area contributed by atoms with Crippen LogP contribution in [0.4, 0.5) is 11.4 Å². The molecule has 2 fully saturated rings. The van der Waals surface area contributed by atoms with Crippen LogP contribution in [0.25, 0.3) is 0 Å². The molecule has 0 radical (unpaired) electrons. The highest BCUT2D eigenvalue weighted by atomic mass is 16.5. The summed E-state index contributed by atoms with van der Waals surface area (Å²) in [4.78, 5) is 42.8. The lowest BCUT2D eigenvalue weighted by Gasteiger charge is -2.37. The van der Waals surface area contributed by atoms with Crippen LogP contribution in [0.15, 0.2) is 78.9 Å². The number of carboxylic acid groups (broad SMARTS) is 1. The maximum Gasteiger partial charge on any atom is 0.307 e. The lowest BCUT2D eigenvalue weighted by molar-refractivity contribution is -0.149. The van der Waals surface area contributed by atoms with Gasteiger partial charge in [-0.05, 0) is 73.2 Å². The zero-order valence-corrected chi connectivity index (χ0v) is 23.5. The van der Waals surface area contributed by atoms with Crippen molar-refractivity contribution in [1.29, 1.82) is 0 Å². The lowest BCUT2D eigenvalue weighted by atomic mass is 9.69. The van der Waals surface area contributed by atoms with Crippen molar-refractivity contribution in [2.24, 2.45) is 23.7 Å². The number of carbonyl (C=O) groups is 3. The zero-order valence-electron chi connectivity index (χ0n) is 23.5. The molecule has 0 bridgehead atoms. The van der Waals surface area contributed by atoms with Gasteiger partial charge in [0.15, 0.2) is 0 Å². The Hall–Kier alpha value is -4.33. The van der Waals surface area contributed by atoms with Gasteiger partial charge in [0.25, 0.3) is 5.91 Å². The minimum absolute atomic E-state index is 0.146. The van der Waals surface area contributed by atoms with E-state index in [1.165, 1.54) is 0 Å². The third-order valence-corrected chi connectivity index (χ3v) is 8.53. The average molecular weight is 556 g/mol. The van der Waals surface area contributed by atoms with Gasteiger partial charge in [-0.25, -0.2) is 0 Å². The smallest absolute Gasteiger partial charge is 0.307 e. The summed E-state index contributed by atoms with van der Waals surface area (Å²) in [6.07, 6.45) is 0.990. The first-order valence-corrected chi connectivity index (χ1v) is 14.3. The summed E-state index contributed by atoms with van der Waals surface area (Å²) < 4.78 is 5.89. The van der Waals surface area contributed by atoms with Crippen LogP contribution in [0.3, 0.4) is 0 Å². The largest absolute Gasteiger partial charge is 0.481 e. The van der Waals surface area contributed by atoms with E-state index in [4.69, 9.17) is 4.74 Å². The molecule has 2 amide bonds. The van der Waals surface area contributed by atoms with Gasteiger partial charge in [-0.1, -0.05) is 44.2 Å². The molecule has 1 saturated carbocycles. The van der Waals surface area contributed by atoms with Crippen LogP contribution in [-0.2, 0) is 9.59 Å². The summed E-state index contributed by atoms with van der Waals surface area (Å²) in [6, 6.07) is 24.6. The number of amides is 2. The molecule has 3 aromatic carbocycles.